The molecule has 0 aromatic heterocycles. The number of anilines is 2. The zero-order valence-corrected chi connectivity index (χ0v) is 16.1. The summed E-state index contributed by atoms with van der Waals surface area (Å²) in [5, 5.41) is 16.2. The van der Waals surface area contributed by atoms with Gasteiger partial charge in [0, 0.05) is 50.2 Å². The second-order valence-corrected chi connectivity index (χ2v) is 6.14. The number of benzene rings is 2. The van der Waals surface area contributed by atoms with Crippen LogP contribution in [0.4, 0.5) is 17.1 Å². The lowest BCUT2D eigenvalue weighted by Gasteiger charge is -2.11. The van der Waals surface area contributed by atoms with E-state index in [1.165, 1.54) is 17.0 Å². The maximum absolute atomic E-state index is 12.2. The molecule has 0 bridgehead atoms. The maximum Gasteiger partial charge on any atom is 0.341 e. The molecule has 0 unspecified atom stereocenters. The van der Waals surface area contributed by atoms with Crippen LogP contribution >= 0.6 is 0 Å². The summed E-state index contributed by atoms with van der Waals surface area (Å²) < 4.78 is 4.96. The molecule has 29 heavy (non-hydrogen) atoms. The first-order chi connectivity index (χ1) is 13.7. The number of rotatable bonds is 7. The summed E-state index contributed by atoms with van der Waals surface area (Å²) in [5.74, 6) is -1.64. The summed E-state index contributed by atoms with van der Waals surface area (Å²) >= 11 is 0. The molecule has 0 aliphatic heterocycles. The molecule has 0 heterocycles. The van der Waals surface area contributed by atoms with E-state index in [4.69, 9.17) is 4.74 Å². The Hall–Kier alpha value is -3.95. The first-order valence-corrected chi connectivity index (χ1v) is 8.47. The Kier molecular flexibility index (Phi) is 6.85. The van der Waals surface area contributed by atoms with Gasteiger partial charge in [-0.1, -0.05) is 0 Å². The number of nitro benzene ring substituents is 1. The van der Waals surface area contributed by atoms with Gasteiger partial charge in [-0.15, -0.1) is 0 Å². The van der Waals surface area contributed by atoms with Crippen molar-refractivity contribution >= 4 is 34.8 Å². The van der Waals surface area contributed by atoms with Crippen LogP contribution in [0.15, 0.2) is 42.5 Å². The fraction of sp³-hybridized carbons (Fsp3) is 0.211. The van der Waals surface area contributed by atoms with Gasteiger partial charge in [-0.3, -0.25) is 19.7 Å². The predicted molar refractivity (Wildman–Crippen MR) is 106 cm³/mol. The lowest BCUT2D eigenvalue weighted by molar-refractivity contribution is -0.384. The summed E-state index contributed by atoms with van der Waals surface area (Å²) in [6.07, 6.45) is 0. The van der Waals surface area contributed by atoms with Gasteiger partial charge >= 0.3 is 5.97 Å². The Morgan fingerprint density at radius 3 is 2.31 bits per heavy atom. The van der Waals surface area contributed by atoms with Crippen LogP contribution in [0.2, 0.25) is 0 Å². The minimum absolute atomic E-state index is 0.0546. The van der Waals surface area contributed by atoms with Crippen molar-refractivity contribution in [2.45, 2.75) is 0 Å². The van der Waals surface area contributed by atoms with Crippen molar-refractivity contribution in [3.8, 4) is 0 Å². The third-order valence-corrected chi connectivity index (χ3v) is 3.86. The van der Waals surface area contributed by atoms with Crippen LogP contribution in [-0.4, -0.2) is 55.4 Å². The zero-order chi connectivity index (χ0) is 21.6. The molecule has 2 amide bonds. The molecule has 0 aliphatic rings. The SMILES string of the molecule is CNc1ccc([N+](=O)[O-])cc1C(=O)OCC(=O)Nc1ccc(C(=O)N(C)C)cc1. The number of nitrogens with zero attached hydrogens (tertiary/aromatic N) is 2. The highest BCUT2D eigenvalue weighted by molar-refractivity contribution is 5.99. The number of hydrogen-bond acceptors (Lipinski definition) is 7. The average molecular weight is 400 g/mol. The van der Waals surface area contributed by atoms with Crippen LogP contribution in [0.25, 0.3) is 0 Å². The van der Waals surface area contributed by atoms with Crippen LogP contribution in [0.5, 0.6) is 0 Å². The first kappa shape index (κ1) is 21.4. The Labute approximate surface area is 166 Å². The largest absolute Gasteiger partial charge is 0.452 e. The molecule has 0 radical (unpaired) electrons. The molecule has 0 saturated carbocycles. The molecular formula is C19H20N4O6. The summed E-state index contributed by atoms with van der Waals surface area (Å²) in [6, 6.07) is 9.93. The normalized spacial score (nSPS) is 10.0. The van der Waals surface area contributed by atoms with E-state index in [0.717, 1.165) is 6.07 Å². The molecule has 10 heteroatoms. The maximum atomic E-state index is 12.2. The second-order valence-electron chi connectivity index (χ2n) is 6.14. The fourth-order valence-electron chi connectivity index (χ4n) is 2.39. The monoisotopic (exact) mass is 400 g/mol. The highest BCUT2D eigenvalue weighted by Gasteiger charge is 2.18. The highest BCUT2D eigenvalue weighted by atomic mass is 16.6. The number of amides is 2. The lowest BCUT2D eigenvalue weighted by Crippen LogP contribution is -2.22. The van der Waals surface area contributed by atoms with E-state index >= 15 is 0 Å². The van der Waals surface area contributed by atoms with E-state index in [1.807, 2.05) is 0 Å². The second kappa shape index (κ2) is 9.31. The third-order valence-electron chi connectivity index (χ3n) is 3.86. The number of hydrogen-bond donors (Lipinski definition) is 2. The Bertz CT molecular complexity index is 940. The van der Waals surface area contributed by atoms with Gasteiger partial charge in [0.1, 0.15) is 0 Å². The first-order valence-electron chi connectivity index (χ1n) is 8.47. The van der Waals surface area contributed by atoms with Gasteiger partial charge in [-0.2, -0.15) is 0 Å². The highest BCUT2D eigenvalue weighted by Crippen LogP contribution is 2.22. The minimum atomic E-state index is -0.875. The summed E-state index contributed by atoms with van der Waals surface area (Å²) in [6.45, 7) is -0.580. The summed E-state index contributed by atoms with van der Waals surface area (Å²) in [7, 11) is 4.82. The van der Waals surface area contributed by atoms with E-state index in [9.17, 15) is 24.5 Å². The van der Waals surface area contributed by atoms with Crippen molar-refractivity contribution in [2.75, 3.05) is 38.4 Å². The molecule has 0 atom stereocenters. The zero-order valence-electron chi connectivity index (χ0n) is 16.1. The number of non-ortho nitro benzene ring substituents is 1. The molecule has 2 N–H and O–H groups in total. The van der Waals surface area contributed by atoms with Gasteiger partial charge in [-0.05, 0) is 30.3 Å². The van der Waals surface area contributed by atoms with Gasteiger partial charge < -0.3 is 20.3 Å². The average Bonchev–Trinajstić information content (AvgIpc) is 2.71. The summed E-state index contributed by atoms with van der Waals surface area (Å²) in [5.41, 5.74) is 0.897. The summed E-state index contributed by atoms with van der Waals surface area (Å²) in [4.78, 5) is 47.8. The standard InChI is InChI=1S/C19H20N4O6/c1-20-16-9-8-14(23(27)28)10-15(16)19(26)29-11-17(24)21-13-6-4-12(5-7-13)18(25)22(2)3/h4-10,20H,11H2,1-3H3,(H,21,24). The topological polar surface area (TPSA) is 131 Å². The van der Waals surface area contributed by atoms with E-state index < -0.39 is 23.4 Å². The molecule has 0 aliphatic carbocycles. The number of ether oxygens (including phenoxy) is 1. The van der Waals surface area contributed by atoms with Crippen molar-refractivity contribution in [3.63, 3.8) is 0 Å². The van der Waals surface area contributed by atoms with Crippen LogP contribution in [0, 0.1) is 10.1 Å². The molecule has 0 saturated heterocycles. The van der Waals surface area contributed by atoms with Crippen molar-refractivity contribution in [2.24, 2.45) is 0 Å². The van der Waals surface area contributed by atoms with Crippen LogP contribution < -0.4 is 10.6 Å². The Morgan fingerprint density at radius 1 is 1.10 bits per heavy atom. The number of carbonyl (C=O) groups excluding carboxylic acids is 3. The molecule has 2 aromatic carbocycles. The van der Waals surface area contributed by atoms with E-state index in [-0.39, 0.29) is 17.2 Å². The van der Waals surface area contributed by atoms with Gasteiger partial charge in [0.2, 0.25) is 0 Å². The molecule has 0 fully saturated rings. The van der Waals surface area contributed by atoms with E-state index in [2.05, 4.69) is 10.6 Å². The van der Waals surface area contributed by atoms with Crippen LogP contribution in [-0.2, 0) is 9.53 Å². The predicted octanol–water partition coefficient (Wildman–Crippen LogP) is 2.13. The van der Waals surface area contributed by atoms with Crippen LogP contribution in [0.1, 0.15) is 20.7 Å². The Morgan fingerprint density at radius 2 is 1.76 bits per heavy atom. The third kappa shape index (κ3) is 5.51. The number of esters is 1. The van der Waals surface area contributed by atoms with Gasteiger partial charge in [-0.25, -0.2) is 4.79 Å². The number of nitrogens with one attached hydrogen (secondary N) is 2. The minimum Gasteiger partial charge on any atom is -0.452 e. The van der Waals surface area contributed by atoms with E-state index in [0.29, 0.717) is 16.9 Å². The molecule has 10 nitrogen and oxygen atoms in total. The molecular weight excluding hydrogens is 380 g/mol. The van der Waals surface area contributed by atoms with E-state index in [1.54, 1.807) is 45.4 Å². The van der Waals surface area contributed by atoms with Gasteiger partial charge in [0.15, 0.2) is 6.61 Å². The quantitative estimate of drug-likeness (QED) is 0.413. The number of nitro groups is 1. The smallest absolute Gasteiger partial charge is 0.341 e. The molecule has 2 rings (SSSR count). The van der Waals surface area contributed by atoms with Gasteiger partial charge in [0.25, 0.3) is 17.5 Å². The number of carbonyl (C=O) groups is 3. The molecule has 2 aromatic rings. The van der Waals surface area contributed by atoms with Gasteiger partial charge in [0.05, 0.1) is 10.5 Å². The Balaban J connectivity index is 1.99. The van der Waals surface area contributed by atoms with Crippen molar-refractivity contribution in [3.05, 3.63) is 63.7 Å². The lowest BCUT2D eigenvalue weighted by atomic mass is 10.1. The fourth-order valence-corrected chi connectivity index (χ4v) is 2.39. The van der Waals surface area contributed by atoms with Crippen molar-refractivity contribution < 1.29 is 24.0 Å². The molecule has 152 valence electrons. The van der Waals surface area contributed by atoms with Crippen LogP contribution in [0.3, 0.4) is 0 Å². The van der Waals surface area contributed by atoms with Crippen molar-refractivity contribution in [1.29, 1.82) is 0 Å². The van der Waals surface area contributed by atoms with Crippen molar-refractivity contribution in [1.82, 2.24) is 4.90 Å². The molecule has 0 spiro atoms.